The Kier molecular flexibility index (Phi) is 3.79. The number of benzene rings is 1. The predicted octanol–water partition coefficient (Wildman–Crippen LogP) is 3.35. The van der Waals surface area contributed by atoms with E-state index >= 15 is 0 Å². The van der Waals surface area contributed by atoms with Crippen LogP contribution < -0.4 is 5.73 Å². The van der Waals surface area contributed by atoms with Gasteiger partial charge in [-0.1, -0.05) is 17.7 Å². The molecule has 1 aliphatic heterocycles. The zero-order valence-corrected chi connectivity index (χ0v) is 11.7. The molecule has 1 saturated carbocycles. The summed E-state index contributed by atoms with van der Waals surface area (Å²) in [7, 11) is 0. The largest absolute Gasteiger partial charge is 0.330 e. The molecule has 4 heteroatoms. The van der Waals surface area contributed by atoms with Gasteiger partial charge in [0.25, 0.3) is 0 Å². The molecule has 1 aliphatic carbocycles. The van der Waals surface area contributed by atoms with Crippen molar-refractivity contribution >= 4 is 11.6 Å². The number of hydrogen-bond acceptors (Lipinski definition) is 2. The van der Waals surface area contributed by atoms with E-state index < -0.39 is 0 Å². The Hall–Kier alpha value is -0.640. The van der Waals surface area contributed by atoms with Gasteiger partial charge < -0.3 is 5.73 Å². The van der Waals surface area contributed by atoms with Gasteiger partial charge in [-0.05, 0) is 62.4 Å². The lowest BCUT2D eigenvalue weighted by Crippen LogP contribution is -2.42. The summed E-state index contributed by atoms with van der Waals surface area (Å²) in [6, 6.07) is 5.71. The maximum Gasteiger partial charge on any atom is 0.124 e. The number of halogens is 2. The van der Waals surface area contributed by atoms with Gasteiger partial charge in [0.2, 0.25) is 0 Å². The first-order valence-electron chi connectivity index (χ1n) is 7.11. The molecule has 2 nitrogen and oxygen atoms in total. The Balaban J connectivity index is 1.95. The minimum absolute atomic E-state index is 0.263. The molecule has 19 heavy (non-hydrogen) atoms. The van der Waals surface area contributed by atoms with Gasteiger partial charge in [-0.25, -0.2) is 4.39 Å². The van der Waals surface area contributed by atoms with Gasteiger partial charge in [0.1, 0.15) is 5.82 Å². The molecule has 0 aromatic heterocycles. The van der Waals surface area contributed by atoms with E-state index in [4.69, 9.17) is 17.3 Å². The maximum atomic E-state index is 13.2. The summed E-state index contributed by atoms with van der Waals surface area (Å²) < 4.78 is 13.2. The molecule has 3 rings (SSSR count). The quantitative estimate of drug-likeness (QED) is 0.921. The second kappa shape index (κ2) is 5.39. The molecule has 0 spiro atoms. The molecule has 1 saturated heterocycles. The van der Waals surface area contributed by atoms with E-state index in [2.05, 4.69) is 4.90 Å². The summed E-state index contributed by atoms with van der Waals surface area (Å²) in [6.45, 7) is 1.78. The molecule has 2 fully saturated rings. The van der Waals surface area contributed by atoms with Gasteiger partial charge in [-0.3, -0.25) is 4.90 Å². The number of rotatable bonds is 3. The molecule has 2 aliphatic rings. The van der Waals surface area contributed by atoms with Crippen molar-refractivity contribution in [3.8, 4) is 0 Å². The second-order valence-corrected chi connectivity index (χ2v) is 6.12. The first-order valence-corrected chi connectivity index (χ1v) is 7.49. The van der Waals surface area contributed by atoms with Crippen molar-refractivity contribution in [1.29, 1.82) is 0 Å². The van der Waals surface area contributed by atoms with Gasteiger partial charge in [-0.2, -0.15) is 0 Å². The highest BCUT2D eigenvalue weighted by Gasteiger charge is 2.40. The molecule has 2 N–H and O–H groups in total. The van der Waals surface area contributed by atoms with Crippen molar-refractivity contribution in [1.82, 2.24) is 4.90 Å². The molecule has 2 atom stereocenters. The third-order valence-corrected chi connectivity index (χ3v) is 4.72. The first-order chi connectivity index (χ1) is 9.20. The summed E-state index contributed by atoms with van der Waals surface area (Å²) in [6.07, 6.45) is 4.88. The van der Waals surface area contributed by atoms with E-state index in [1.165, 1.54) is 31.4 Å². The van der Waals surface area contributed by atoms with Crippen LogP contribution in [0.3, 0.4) is 0 Å². The Bertz CT molecular complexity index is 461. The zero-order valence-electron chi connectivity index (χ0n) is 11.0. The molecule has 0 amide bonds. The van der Waals surface area contributed by atoms with E-state index in [-0.39, 0.29) is 11.9 Å². The topological polar surface area (TPSA) is 29.3 Å². The number of piperidine rings is 1. The Labute approximate surface area is 118 Å². The van der Waals surface area contributed by atoms with Crippen LogP contribution in [-0.4, -0.2) is 24.0 Å². The van der Waals surface area contributed by atoms with Crippen LogP contribution in [0.4, 0.5) is 4.39 Å². The molecule has 0 radical (unpaired) electrons. The maximum absolute atomic E-state index is 13.2. The van der Waals surface area contributed by atoms with E-state index in [1.807, 2.05) is 6.07 Å². The van der Waals surface area contributed by atoms with Gasteiger partial charge in [-0.15, -0.1) is 0 Å². The molecule has 2 unspecified atom stereocenters. The Morgan fingerprint density at radius 1 is 1.32 bits per heavy atom. The highest BCUT2D eigenvalue weighted by molar-refractivity contribution is 6.31. The van der Waals surface area contributed by atoms with Crippen LogP contribution >= 0.6 is 11.6 Å². The first kappa shape index (κ1) is 13.3. The number of likely N-dealkylation sites (tertiary alicyclic amines) is 1. The molecule has 1 aromatic rings. The molecule has 104 valence electrons. The molecule has 1 heterocycles. The van der Waals surface area contributed by atoms with E-state index in [1.54, 1.807) is 0 Å². The smallest absolute Gasteiger partial charge is 0.124 e. The highest BCUT2D eigenvalue weighted by Crippen LogP contribution is 2.44. The fourth-order valence-corrected chi connectivity index (χ4v) is 3.62. The number of nitrogens with zero attached hydrogens (tertiary/aromatic N) is 1. The zero-order chi connectivity index (χ0) is 13.4. The Morgan fingerprint density at radius 2 is 2.11 bits per heavy atom. The lowest BCUT2D eigenvalue weighted by Gasteiger charge is -2.42. The highest BCUT2D eigenvalue weighted by atomic mass is 35.5. The van der Waals surface area contributed by atoms with Gasteiger partial charge >= 0.3 is 0 Å². The van der Waals surface area contributed by atoms with Crippen molar-refractivity contribution in [3.05, 3.63) is 34.6 Å². The van der Waals surface area contributed by atoms with Crippen molar-refractivity contribution < 1.29 is 4.39 Å². The van der Waals surface area contributed by atoms with Crippen LogP contribution in [0.2, 0.25) is 5.02 Å². The van der Waals surface area contributed by atoms with Crippen molar-refractivity contribution in [2.75, 3.05) is 13.1 Å². The normalized spacial score (nSPS) is 28.6. The lowest BCUT2D eigenvalue weighted by atomic mass is 9.84. The minimum atomic E-state index is -0.271. The monoisotopic (exact) mass is 282 g/mol. The van der Waals surface area contributed by atoms with Crippen molar-refractivity contribution in [3.63, 3.8) is 0 Å². The van der Waals surface area contributed by atoms with Crippen LogP contribution in [0.25, 0.3) is 0 Å². The molecule has 1 aromatic carbocycles. The molecular formula is C15H20ClFN2. The number of hydrogen-bond donors (Lipinski definition) is 1. The van der Waals surface area contributed by atoms with Crippen LogP contribution in [0.15, 0.2) is 18.2 Å². The van der Waals surface area contributed by atoms with Gasteiger partial charge in [0, 0.05) is 17.1 Å². The average molecular weight is 283 g/mol. The standard InChI is InChI=1S/C15H20ClFN2/c16-14-8-11(17)3-6-13(14)15-10(9-18)2-1-7-19(15)12-4-5-12/h3,6,8,10,12,15H,1-2,4-5,7,9,18H2. The predicted molar refractivity (Wildman–Crippen MR) is 75.7 cm³/mol. The lowest BCUT2D eigenvalue weighted by molar-refractivity contribution is 0.0880. The molecular weight excluding hydrogens is 263 g/mol. The van der Waals surface area contributed by atoms with E-state index in [0.29, 0.717) is 23.5 Å². The van der Waals surface area contributed by atoms with Crippen LogP contribution in [0.5, 0.6) is 0 Å². The van der Waals surface area contributed by atoms with Crippen LogP contribution in [0, 0.1) is 11.7 Å². The fourth-order valence-electron chi connectivity index (χ4n) is 3.34. The third-order valence-electron chi connectivity index (χ3n) is 4.39. The van der Waals surface area contributed by atoms with E-state index in [9.17, 15) is 4.39 Å². The minimum Gasteiger partial charge on any atom is -0.330 e. The average Bonchev–Trinajstić information content (AvgIpc) is 3.22. The summed E-state index contributed by atoms with van der Waals surface area (Å²) in [5.74, 6) is 0.157. The van der Waals surface area contributed by atoms with Gasteiger partial charge in [0.15, 0.2) is 0 Å². The third kappa shape index (κ3) is 2.64. The van der Waals surface area contributed by atoms with Crippen LogP contribution in [0.1, 0.15) is 37.3 Å². The fraction of sp³-hybridized carbons (Fsp3) is 0.600. The Morgan fingerprint density at radius 3 is 2.74 bits per heavy atom. The van der Waals surface area contributed by atoms with E-state index in [0.717, 1.165) is 18.5 Å². The summed E-state index contributed by atoms with van der Waals surface area (Å²) in [4.78, 5) is 2.54. The van der Waals surface area contributed by atoms with Crippen molar-refractivity contribution in [2.24, 2.45) is 11.7 Å². The molecule has 0 bridgehead atoms. The summed E-state index contributed by atoms with van der Waals surface area (Å²) >= 11 is 6.27. The summed E-state index contributed by atoms with van der Waals surface area (Å²) in [5.41, 5.74) is 7.00. The van der Waals surface area contributed by atoms with Crippen molar-refractivity contribution in [2.45, 2.75) is 37.8 Å². The van der Waals surface area contributed by atoms with Crippen LogP contribution in [-0.2, 0) is 0 Å². The SMILES string of the molecule is NCC1CCCN(C2CC2)C1c1ccc(F)cc1Cl. The number of nitrogens with two attached hydrogens (primary N) is 1. The summed E-state index contributed by atoms with van der Waals surface area (Å²) in [5, 5.41) is 0.538. The van der Waals surface area contributed by atoms with Gasteiger partial charge in [0.05, 0.1) is 0 Å². The second-order valence-electron chi connectivity index (χ2n) is 5.72.